The van der Waals surface area contributed by atoms with Crippen LogP contribution in [0.2, 0.25) is 0 Å². The molecule has 94 valence electrons. The lowest BCUT2D eigenvalue weighted by Crippen LogP contribution is -2.42. The fourth-order valence-corrected chi connectivity index (χ4v) is 3.47. The van der Waals surface area contributed by atoms with Gasteiger partial charge in [-0.3, -0.25) is 4.79 Å². The Balaban J connectivity index is 2.08. The van der Waals surface area contributed by atoms with Gasteiger partial charge in [0.05, 0.1) is 12.0 Å². The summed E-state index contributed by atoms with van der Waals surface area (Å²) in [5, 5.41) is 0. The molecule has 2 rings (SSSR count). The predicted octanol–water partition coefficient (Wildman–Crippen LogP) is 2.08. The zero-order valence-corrected chi connectivity index (χ0v) is 12.0. The van der Waals surface area contributed by atoms with E-state index in [-0.39, 0.29) is 11.9 Å². The fourth-order valence-electron chi connectivity index (χ4n) is 1.86. The van der Waals surface area contributed by atoms with E-state index < -0.39 is 0 Å². The number of amides is 1. The van der Waals surface area contributed by atoms with Crippen LogP contribution in [0.5, 0.6) is 5.75 Å². The minimum absolute atomic E-state index is 0.0749. The van der Waals surface area contributed by atoms with Gasteiger partial charge in [0, 0.05) is 25.2 Å². The number of ether oxygens (including phenoxy) is 1. The zero-order valence-electron chi connectivity index (χ0n) is 9.61. The summed E-state index contributed by atoms with van der Waals surface area (Å²) in [7, 11) is 1.60. The van der Waals surface area contributed by atoms with Crippen LogP contribution in [0.4, 0.5) is 0 Å². The molecule has 0 bridgehead atoms. The van der Waals surface area contributed by atoms with E-state index >= 15 is 0 Å². The molecular weight excluding hydrogens is 304 g/mol. The number of nitrogens with two attached hydrogens (primary N) is 1. The van der Waals surface area contributed by atoms with Crippen LogP contribution in [-0.2, 0) is 0 Å². The average molecular weight is 319 g/mol. The molecule has 1 aromatic heterocycles. The van der Waals surface area contributed by atoms with Gasteiger partial charge in [0.2, 0.25) is 0 Å². The number of carbonyl (C=O) groups excluding carboxylic acids is 1. The molecule has 6 heteroatoms. The van der Waals surface area contributed by atoms with Crippen LogP contribution in [0.15, 0.2) is 9.85 Å². The molecule has 1 aliphatic heterocycles. The number of nitrogens with zero attached hydrogens (tertiary/aromatic N) is 1. The third kappa shape index (κ3) is 2.81. The highest BCUT2D eigenvalue weighted by atomic mass is 79.9. The SMILES string of the molecule is COc1cc(C(=O)N2CCC(N)CC2)sc1Br. The Kier molecular flexibility index (Phi) is 4.06. The van der Waals surface area contributed by atoms with E-state index in [1.807, 2.05) is 4.90 Å². The molecule has 0 aliphatic carbocycles. The van der Waals surface area contributed by atoms with E-state index in [1.54, 1.807) is 13.2 Å². The number of likely N-dealkylation sites (tertiary alicyclic amines) is 1. The van der Waals surface area contributed by atoms with Crippen molar-refractivity contribution in [3.63, 3.8) is 0 Å². The topological polar surface area (TPSA) is 55.6 Å². The monoisotopic (exact) mass is 318 g/mol. The van der Waals surface area contributed by atoms with E-state index in [1.165, 1.54) is 11.3 Å². The third-order valence-electron chi connectivity index (χ3n) is 2.91. The van der Waals surface area contributed by atoms with Crippen LogP contribution < -0.4 is 10.5 Å². The molecule has 1 aliphatic rings. The Morgan fingerprint density at radius 2 is 2.24 bits per heavy atom. The summed E-state index contributed by atoms with van der Waals surface area (Å²) in [6, 6.07) is 2.02. The Hall–Kier alpha value is -0.590. The van der Waals surface area contributed by atoms with Gasteiger partial charge in [-0.15, -0.1) is 11.3 Å². The Labute approximate surface area is 113 Å². The molecule has 2 heterocycles. The van der Waals surface area contributed by atoms with Crippen molar-refractivity contribution in [2.24, 2.45) is 5.73 Å². The van der Waals surface area contributed by atoms with Gasteiger partial charge in [-0.2, -0.15) is 0 Å². The molecule has 1 aromatic rings. The van der Waals surface area contributed by atoms with Crippen molar-refractivity contribution >= 4 is 33.2 Å². The van der Waals surface area contributed by atoms with Gasteiger partial charge in [0.25, 0.3) is 5.91 Å². The molecule has 2 N–H and O–H groups in total. The number of methoxy groups -OCH3 is 1. The molecule has 0 spiro atoms. The Morgan fingerprint density at radius 3 is 2.76 bits per heavy atom. The fraction of sp³-hybridized carbons (Fsp3) is 0.545. The lowest BCUT2D eigenvalue weighted by molar-refractivity contribution is 0.0719. The maximum Gasteiger partial charge on any atom is 0.264 e. The number of thiophene rings is 1. The van der Waals surface area contributed by atoms with Crippen molar-refractivity contribution in [3.05, 3.63) is 14.7 Å². The summed E-state index contributed by atoms with van der Waals surface area (Å²) < 4.78 is 6.01. The van der Waals surface area contributed by atoms with Crippen molar-refractivity contribution in [2.45, 2.75) is 18.9 Å². The van der Waals surface area contributed by atoms with Gasteiger partial charge in [-0.1, -0.05) is 0 Å². The van der Waals surface area contributed by atoms with E-state index in [4.69, 9.17) is 10.5 Å². The predicted molar refractivity (Wildman–Crippen MR) is 71.7 cm³/mol. The normalized spacial score (nSPS) is 17.2. The first-order chi connectivity index (χ1) is 8.11. The highest BCUT2D eigenvalue weighted by Gasteiger charge is 2.23. The summed E-state index contributed by atoms with van der Waals surface area (Å²) in [6.45, 7) is 1.50. The molecule has 17 heavy (non-hydrogen) atoms. The highest BCUT2D eigenvalue weighted by molar-refractivity contribution is 9.11. The van der Waals surface area contributed by atoms with Crippen LogP contribution in [-0.4, -0.2) is 37.0 Å². The van der Waals surface area contributed by atoms with Gasteiger partial charge in [0.15, 0.2) is 0 Å². The number of halogens is 1. The van der Waals surface area contributed by atoms with Crippen molar-refractivity contribution in [2.75, 3.05) is 20.2 Å². The molecule has 4 nitrogen and oxygen atoms in total. The van der Waals surface area contributed by atoms with Crippen molar-refractivity contribution < 1.29 is 9.53 Å². The summed E-state index contributed by atoms with van der Waals surface area (Å²) in [4.78, 5) is 14.8. The van der Waals surface area contributed by atoms with Crippen LogP contribution >= 0.6 is 27.3 Å². The van der Waals surface area contributed by atoms with E-state index in [0.29, 0.717) is 10.6 Å². The first-order valence-electron chi connectivity index (χ1n) is 5.50. The molecule has 0 atom stereocenters. The minimum atomic E-state index is 0.0749. The maximum absolute atomic E-state index is 12.2. The lowest BCUT2D eigenvalue weighted by atomic mass is 10.1. The van der Waals surface area contributed by atoms with Crippen molar-refractivity contribution in [3.8, 4) is 5.75 Å². The van der Waals surface area contributed by atoms with Gasteiger partial charge in [0.1, 0.15) is 9.54 Å². The van der Waals surface area contributed by atoms with Crippen LogP contribution in [0, 0.1) is 0 Å². The third-order valence-corrected chi connectivity index (χ3v) is 4.68. The molecule has 0 radical (unpaired) electrons. The smallest absolute Gasteiger partial charge is 0.264 e. The van der Waals surface area contributed by atoms with Crippen molar-refractivity contribution in [1.82, 2.24) is 4.90 Å². The van der Waals surface area contributed by atoms with Gasteiger partial charge in [-0.25, -0.2) is 0 Å². The molecular formula is C11H15BrN2O2S. The molecule has 1 amide bonds. The molecule has 0 unspecified atom stereocenters. The lowest BCUT2D eigenvalue weighted by Gasteiger charge is -2.29. The second-order valence-corrected chi connectivity index (χ2v) is 6.45. The second kappa shape index (κ2) is 5.37. The number of carbonyl (C=O) groups is 1. The molecule has 0 aromatic carbocycles. The summed E-state index contributed by atoms with van der Waals surface area (Å²) in [5.41, 5.74) is 5.82. The average Bonchev–Trinajstić information content (AvgIpc) is 2.70. The van der Waals surface area contributed by atoms with Gasteiger partial charge in [-0.05, 0) is 28.8 Å². The van der Waals surface area contributed by atoms with Crippen LogP contribution in [0.25, 0.3) is 0 Å². The van der Waals surface area contributed by atoms with Crippen molar-refractivity contribution in [1.29, 1.82) is 0 Å². The molecule has 1 fully saturated rings. The zero-order chi connectivity index (χ0) is 12.4. The Bertz CT molecular complexity index is 414. The van der Waals surface area contributed by atoms with E-state index in [9.17, 15) is 4.79 Å². The summed E-state index contributed by atoms with van der Waals surface area (Å²) in [5.74, 6) is 0.790. The standard InChI is InChI=1S/C11H15BrN2O2S/c1-16-8-6-9(17-10(8)12)11(15)14-4-2-7(13)3-5-14/h6-7H,2-5,13H2,1H3. The summed E-state index contributed by atoms with van der Waals surface area (Å²) in [6.07, 6.45) is 1.77. The number of piperidine rings is 1. The molecule has 0 saturated carbocycles. The first kappa shape index (κ1) is 12.9. The largest absolute Gasteiger partial charge is 0.495 e. The first-order valence-corrected chi connectivity index (χ1v) is 7.11. The number of hydrogen-bond acceptors (Lipinski definition) is 4. The van der Waals surface area contributed by atoms with Gasteiger partial charge < -0.3 is 15.4 Å². The number of rotatable bonds is 2. The number of hydrogen-bond donors (Lipinski definition) is 1. The second-order valence-electron chi connectivity index (χ2n) is 4.08. The summed E-state index contributed by atoms with van der Waals surface area (Å²) >= 11 is 4.79. The quantitative estimate of drug-likeness (QED) is 0.908. The highest BCUT2D eigenvalue weighted by Crippen LogP contribution is 2.35. The molecule has 1 saturated heterocycles. The Morgan fingerprint density at radius 1 is 1.59 bits per heavy atom. The minimum Gasteiger partial charge on any atom is -0.495 e. The van der Waals surface area contributed by atoms with E-state index in [0.717, 1.165) is 29.7 Å². The van der Waals surface area contributed by atoms with Crippen LogP contribution in [0.3, 0.4) is 0 Å². The van der Waals surface area contributed by atoms with Crippen LogP contribution in [0.1, 0.15) is 22.5 Å². The van der Waals surface area contributed by atoms with E-state index in [2.05, 4.69) is 15.9 Å². The van der Waals surface area contributed by atoms with Gasteiger partial charge >= 0.3 is 0 Å². The maximum atomic E-state index is 12.2.